The van der Waals surface area contributed by atoms with Crippen LogP contribution in [0.25, 0.3) is 33.4 Å². The van der Waals surface area contributed by atoms with Gasteiger partial charge in [0.05, 0.1) is 6.42 Å². The molecule has 5 rings (SSSR count). The van der Waals surface area contributed by atoms with Crippen LogP contribution in [0.1, 0.15) is 12.0 Å². The number of carbonyl (C=O) groups is 2. The molecule has 0 aliphatic rings. The van der Waals surface area contributed by atoms with Crippen molar-refractivity contribution in [3.63, 3.8) is 0 Å². The lowest BCUT2D eigenvalue weighted by Crippen LogP contribution is -2.26. The molecule has 0 N–H and O–H groups in total. The quantitative estimate of drug-likeness (QED) is 0.0689. The normalized spacial score (nSPS) is 11.6. The van der Waals surface area contributed by atoms with Gasteiger partial charge in [-0.1, -0.05) is 36.4 Å². The van der Waals surface area contributed by atoms with E-state index < -0.39 is 58.9 Å². The summed E-state index contributed by atoms with van der Waals surface area (Å²) in [7, 11) is 1.41. The van der Waals surface area contributed by atoms with Gasteiger partial charge in [0.25, 0.3) is 0 Å². The second-order valence-corrected chi connectivity index (χ2v) is 10.4. The molecule has 0 saturated heterocycles. The van der Waals surface area contributed by atoms with Crippen LogP contribution >= 0.6 is 0 Å². The molecule has 0 bridgehead atoms. The lowest BCUT2D eigenvalue weighted by atomic mass is 9.98. The molecule has 0 spiro atoms. The fourth-order valence-corrected chi connectivity index (χ4v) is 4.82. The lowest BCUT2D eigenvalue weighted by molar-refractivity contribution is -0.142. The van der Waals surface area contributed by atoms with Crippen molar-refractivity contribution < 1.29 is 41.0 Å². The summed E-state index contributed by atoms with van der Waals surface area (Å²) in [5.74, 6) is -6.91. The van der Waals surface area contributed by atoms with Crippen LogP contribution in [0, 0.1) is 46.3 Å². The number of benzene rings is 5. The number of aliphatic imine (C=N–C) groups is 1. The smallest absolute Gasteiger partial charge is 0.320 e. The molecule has 6 nitrogen and oxygen atoms in total. The first-order valence-electron chi connectivity index (χ1n) is 14.3. The number of nitriles is 1. The monoisotopic (exact) mass is 654 g/mol. The molecule has 5 aromatic carbocycles. The van der Waals surface area contributed by atoms with E-state index in [2.05, 4.69) is 4.99 Å². The summed E-state index contributed by atoms with van der Waals surface area (Å²) in [6.45, 7) is 0. The van der Waals surface area contributed by atoms with Crippen molar-refractivity contribution in [1.29, 1.82) is 5.26 Å². The van der Waals surface area contributed by atoms with E-state index in [1.54, 1.807) is 12.1 Å². The van der Waals surface area contributed by atoms with Crippen LogP contribution in [0.15, 0.2) is 102 Å². The molecular weight excluding hydrogens is 631 g/mol. The minimum Gasteiger partial charge on any atom is -0.426 e. The first kappa shape index (κ1) is 33.2. The standard InChI is InChI=1S/C37H23F5N2O4/c1-44-20-25(17-36(45)47-28-11-13-29(35(42)18-28)22-2-7-26(38)8-3-22)37(46)48-27-9-4-21(5-10-27)23-6-12-30(32(39)14-23)24-15-33(40)31(19-43)34(41)16-24/h2-16,18,20,25H,17H2,1H3. The maximum Gasteiger partial charge on any atom is 0.320 e. The van der Waals surface area contributed by atoms with Gasteiger partial charge in [0.15, 0.2) is 0 Å². The van der Waals surface area contributed by atoms with Gasteiger partial charge >= 0.3 is 11.9 Å². The summed E-state index contributed by atoms with van der Waals surface area (Å²) >= 11 is 0. The van der Waals surface area contributed by atoms with Crippen molar-refractivity contribution in [3.8, 4) is 50.9 Å². The van der Waals surface area contributed by atoms with Gasteiger partial charge in [0.2, 0.25) is 0 Å². The van der Waals surface area contributed by atoms with Crippen LogP contribution in [0.5, 0.6) is 11.5 Å². The molecule has 240 valence electrons. The Balaban J connectivity index is 1.22. The number of hydrogen-bond donors (Lipinski definition) is 0. The predicted molar refractivity (Wildman–Crippen MR) is 167 cm³/mol. The average Bonchev–Trinajstić information content (AvgIpc) is 3.05. The van der Waals surface area contributed by atoms with Gasteiger partial charge in [-0.3, -0.25) is 14.6 Å². The van der Waals surface area contributed by atoms with E-state index in [0.717, 1.165) is 18.2 Å². The van der Waals surface area contributed by atoms with Gasteiger partial charge in [0, 0.05) is 30.5 Å². The zero-order chi connectivity index (χ0) is 34.4. The Labute approximate surface area is 271 Å². The number of hydrogen-bond acceptors (Lipinski definition) is 6. The molecule has 11 heteroatoms. The average molecular weight is 655 g/mol. The van der Waals surface area contributed by atoms with Crippen molar-refractivity contribution in [3.05, 3.63) is 132 Å². The summed E-state index contributed by atoms with van der Waals surface area (Å²) in [4.78, 5) is 29.4. The highest BCUT2D eigenvalue weighted by Gasteiger charge is 2.24. The fourth-order valence-electron chi connectivity index (χ4n) is 4.82. The molecule has 0 fully saturated rings. The highest BCUT2D eigenvalue weighted by molar-refractivity contribution is 5.95. The zero-order valence-electron chi connectivity index (χ0n) is 25.0. The van der Waals surface area contributed by atoms with Crippen LogP contribution < -0.4 is 9.47 Å². The van der Waals surface area contributed by atoms with Gasteiger partial charge in [-0.15, -0.1) is 0 Å². The molecular formula is C37H23F5N2O4. The Morgan fingerprint density at radius 2 is 1.23 bits per heavy atom. The SMILES string of the molecule is CN=CC(CC(=O)Oc1ccc(-c2ccc(F)cc2)c(F)c1)C(=O)Oc1ccc(-c2ccc(-c3cc(F)c(C#N)c(F)c3)c(F)c2)cc1. The third kappa shape index (κ3) is 7.62. The maximum absolute atomic E-state index is 15.0. The maximum atomic E-state index is 15.0. The summed E-state index contributed by atoms with van der Waals surface area (Å²) in [6.07, 6.45) is 0.750. The molecule has 5 aromatic rings. The summed E-state index contributed by atoms with van der Waals surface area (Å²) in [5, 5.41) is 8.86. The van der Waals surface area contributed by atoms with Crippen LogP contribution in [-0.2, 0) is 9.59 Å². The molecule has 1 unspecified atom stereocenters. The number of esters is 2. The van der Waals surface area contributed by atoms with E-state index in [-0.39, 0.29) is 28.2 Å². The second kappa shape index (κ2) is 14.5. The van der Waals surface area contributed by atoms with Gasteiger partial charge in [-0.05, 0) is 76.9 Å². The highest BCUT2D eigenvalue weighted by atomic mass is 19.1. The topological polar surface area (TPSA) is 88.8 Å². The van der Waals surface area contributed by atoms with Gasteiger partial charge in [-0.2, -0.15) is 5.26 Å². The van der Waals surface area contributed by atoms with Crippen LogP contribution in [0.2, 0.25) is 0 Å². The Morgan fingerprint density at radius 1 is 0.688 bits per heavy atom. The van der Waals surface area contributed by atoms with Gasteiger partial charge in [-0.25, -0.2) is 22.0 Å². The van der Waals surface area contributed by atoms with E-state index in [0.29, 0.717) is 16.7 Å². The van der Waals surface area contributed by atoms with E-state index in [1.165, 1.54) is 86.1 Å². The Hall–Kier alpha value is -6.15. The lowest BCUT2D eigenvalue weighted by Gasteiger charge is -2.13. The Bertz CT molecular complexity index is 2050. The first-order chi connectivity index (χ1) is 23.1. The summed E-state index contributed by atoms with van der Waals surface area (Å²) in [5.41, 5.74) is 0.668. The van der Waals surface area contributed by atoms with Crippen molar-refractivity contribution in [2.75, 3.05) is 7.05 Å². The van der Waals surface area contributed by atoms with Crippen LogP contribution in [0.3, 0.4) is 0 Å². The van der Waals surface area contributed by atoms with Crippen LogP contribution in [0.4, 0.5) is 22.0 Å². The van der Waals surface area contributed by atoms with Crippen LogP contribution in [-0.4, -0.2) is 25.2 Å². The first-order valence-corrected chi connectivity index (χ1v) is 14.3. The van der Waals surface area contributed by atoms with E-state index in [9.17, 15) is 31.5 Å². The molecule has 1 atom stereocenters. The minimum atomic E-state index is -1.14. The second-order valence-electron chi connectivity index (χ2n) is 10.4. The number of halogens is 5. The Kier molecular flexibility index (Phi) is 10.0. The molecule has 48 heavy (non-hydrogen) atoms. The largest absolute Gasteiger partial charge is 0.426 e. The fraction of sp³-hybridized carbons (Fsp3) is 0.0811. The molecule has 0 aliphatic carbocycles. The van der Waals surface area contributed by atoms with Crippen molar-refractivity contribution >= 4 is 18.2 Å². The third-order valence-corrected chi connectivity index (χ3v) is 7.19. The number of carbonyl (C=O) groups excluding carboxylic acids is 2. The number of ether oxygens (including phenoxy) is 2. The molecule has 0 radical (unpaired) electrons. The number of nitrogens with zero attached hydrogens (tertiary/aromatic N) is 2. The summed E-state index contributed by atoms with van der Waals surface area (Å²) < 4.78 is 81.6. The molecule has 0 amide bonds. The summed E-state index contributed by atoms with van der Waals surface area (Å²) in [6, 6.07) is 22.2. The highest BCUT2D eigenvalue weighted by Crippen LogP contribution is 2.31. The van der Waals surface area contributed by atoms with E-state index in [4.69, 9.17) is 14.7 Å². The molecule has 0 saturated carbocycles. The number of rotatable bonds is 9. The van der Waals surface area contributed by atoms with Crippen molar-refractivity contribution in [2.24, 2.45) is 10.9 Å². The molecule has 0 aromatic heterocycles. The Morgan fingerprint density at radius 3 is 1.83 bits per heavy atom. The van der Waals surface area contributed by atoms with Crippen molar-refractivity contribution in [1.82, 2.24) is 0 Å². The van der Waals surface area contributed by atoms with Crippen molar-refractivity contribution in [2.45, 2.75) is 6.42 Å². The zero-order valence-corrected chi connectivity index (χ0v) is 25.0. The predicted octanol–water partition coefficient (Wildman–Crippen LogP) is 8.47. The molecule has 0 heterocycles. The van der Waals surface area contributed by atoms with Gasteiger partial charge in [0.1, 0.15) is 58.1 Å². The van der Waals surface area contributed by atoms with E-state index in [1.807, 2.05) is 0 Å². The third-order valence-electron chi connectivity index (χ3n) is 7.19. The molecule has 0 aliphatic heterocycles. The minimum absolute atomic E-state index is 0.0686. The van der Waals surface area contributed by atoms with Gasteiger partial charge < -0.3 is 9.47 Å². The van der Waals surface area contributed by atoms with E-state index >= 15 is 0 Å².